The van der Waals surface area contributed by atoms with Crippen LogP contribution in [-0.2, 0) is 16.6 Å². The minimum Gasteiger partial charge on any atom is -0.316 e. The topological polar surface area (TPSA) is 58.2 Å². The average molecular weight is 282 g/mol. The fourth-order valence-electron chi connectivity index (χ4n) is 2.11. The first-order chi connectivity index (χ1) is 9.12. The summed E-state index contributed by atoms with van der Waals surface area (Å²) in [5, 5.41) is 3.02. The maximum atomic E-state index is 12.1. The maximum absolute atomic E-state index is 12.1. The van der Waals surface area contributed by atoms with E-state index in [2.05, 4.69) is 10.0 Å². The highest BCUT2D eigenvalue weighted by molar-refractivity contribution is 7.89. The summed E-state index contributed by atoms with van der Waals surface area (Å²) in [6.45, 7) is 1.21. The van der Waals surface area contributed by atoms with Crippen molar-refractivity contribution in [2.45, 2.75) is 37.1 Å². The van der Waals surface area contributed by atoms with E-state index in [-0.39, 0.29) is 0 Å². The Morgan fingerprint density at radius 1 is 1.32 bits per heavy atom. The molecular formula is C14H22N2O2S. The molecule has 5 heteroatoms. The molecule has 19 heavy (non-hydrogen) atoms. The molecule has 0 radical (unpaired) electrons. The Balaban J connectivity index is 1.91. The van der Waals surface area contributed by atoms with Gasteiger partial charge in [0.25, 0.3) is 0 Å². The predicted octanol–water partition coefficient (Wildman–Crippen LogP) is 1.87. The van der Waals surface area contributed by atoms with Gasteiger partial charge in [0.15, 0.2) is 0 Å². The monoisotopic (exact) mass is 282 g/mol. The first-order valence-corrected chi connectivity index (χ1v) is 8.33. The highest BCUT2D eigenvalue weighted by Gasteiger charge is 2.20. The van der Waals surface area contributed by atoms with Crippen LogP contribution in [0, 0.1) is 5.92 Å². The van der Waals surface area contributed by atoms with Gasteiger partial charge in [0, 0.05) is 13.1 Å². The number of hydrogen-bond donors (Lipinski definition) is 2. The van der Waals surface area contributed by atoms with Gasteiger partial charge in [0.1, 0.15) is 0 Å². The van der Waals surface area contributed by atoms with E-state index < -0.39 is 10.0 Å². The average Bonchev–Trinajstić information content (AvgIpc) is 3.20. The summed E-state index contributed by atoms with van der Waals surface area (Å²) >= 11 is 0. The van der Waals surface area contributed by atoms with Crippen LogP contribution in [0.2, 0.25) is 0 Å². The summed E-state index contributed by atoms with van der Waals surface area (Å²) in [6, 6.07) is 7.07. The molecule has 1 aliphatic carbocycles. The summed E-state index contributed by atoms with van der Waals surface area (Å²) < 4.78 is 26.9. The fraction of sp³-hybridized carbons (Fsp3) is 0.571. The molecule has 0 spiro atoms. The van der Waals surface area contributed by atoms with Gasteiger partial charge < -0.3 is 5.32 Å². The third-order valence-corrected chi connectivity index (χ3v) is 4.83. The highest BCUT2D eigenvalue weighted by Crippen LogP contribution is 2.33. The lowest BCUT2D eigenvalue weighted by molar-refractivity contribution is 0.572. The van der Waals surface area contributed by atoms with Gasteiger partial charge in [0.05, 0.1) is 4.90 Å². The molecule has 0 unspecified atom stereocenters. The van der Waals surface area contributed by atoms with E-state index >= 15 is 0 Å². The molecule has 1 aromatic carbocycles. The lowest BCUT2D eigenvalue weighted by Gasteiger charge is -2.08. The molecule has 0 heterocycles. The van der Waals surface area contributed by atoms with Crippen molar-refractivity contribution in [1.29, 1.82) is 0 Å². The van der Waals surface area contributed by atoms with Crippen molar-refractivity contribution in [3.05, 3.63) is 29.8 Å². The number of hydrogen-bond acceptors (Lipinski definition) is 3. The molecule has 0 aromatic heterocycles. The lowest BCUT2D eigenvalue weighted by atomic mass is 10.2. The van der Waals surface area contributed by atoms with Gasteiger partial charge in [-0.15, -0.1) is 0 Å². The molecule has 0 amide bonds. The van der Waals surface area contributed by atoms with Crippen molar-refractivity contribution in [1.82, 2.24) is 10.0 Å². The second-order valence-electron chi connectivity index (χ2n) is 5.16. The zero-order valence-electron chi connectivity index (χ0n) is 11.4. The molecular weight excluding hydrogens is 260 g/mol. The zero-order valence-corrected chi connectivity index (χ0v) is 12.2. The lowest BCUT2D eigenvalue weighted by Crippen LogP contribution is -2.25. The quantitative estimate of drug-likeness (QED) is 0.716. The first kappa shape index (κ1) is 14.5. The SMILES string of the molecule is CNCc1cccc(S(=O)(=O)NCCCC2CC2)c1. The third-order valence-electron chi connectivity index (χ3n) is 3.37. The van der Waals surface area contributed by atoms with Gasteiger partial charge in [-0.3, -0.25) is 0 Å². The molecule has 2 N–H and O–H groups in total. The summed E-state index contributed by atoms with van der Waals surface area (Å²) in [7, 11) is -1.51. The molecule has 2 rings (SSSR count). The van der Waals surface area contributed by atoms with Crippen LogP contribution < -0.4 is 10.0 Å². The van der Waals surface area contributed by atoms with Crippen molar-refractivity contribution < 1.29 is 8.42 Å². The van der Waals surface area contributed by atoms with Crippen molar-refractivity contribution in [3.63, 3.8) is 0 Å². The fourth-order valence-corrected chi connectivity index (χ4v) is 3.26. The van der Waals surface area contributed by atoms with Crippen LogP contribution in [0.15, 0.2) is 29.2 Å². The van der Waals surface area contributed by atoms with E-state index in [1.54, 1.807) is 18.2 Å². The minimum absolute atomic E-state index is 0.353. The van der Waals surface area contributed by atoms with Crippen LogP contribution in [0.3, 0.4) is 0 Å². The summed E-state index contributed by atoms with van der Waals surface area (Å²) in [6.07, 6.45) is 4.71. The van der Waals surface area contributed by atoms with Crippen LogP contribution >= 0.6 is 0 Å². The van der Waals surface area contributed by atoms with E-state index in [4.69, 9.17) is 0 Å². The molecule has 1 fully saturated rings. The van der Waals surface area contributed by atoms with Crippen LogP contribution in [0.25, 0.3) is 0 Å². The van der Waals surface area contributed by atoms with E-state index in [9.17, 15) is 8.42 Å². The predicted molar refractivity (Wildman–Crippen MR) is 76.4 cm³/mol. The van der Waals surface area contributed by atoms with E-state index in [0.29, 0.717) is 18.0 Å². The van der Waals surface area contributed by atoms with E-state index in [1.807, 2.05) is 13.1 Å². The highest BCUT2D eigenvalue weighted by atomic mass is 32.2. The van der Waals surface area contributed by atoms with Crippen LogP contribution in [0.4, 0.5) is 0 Å². The number of nitrogens with one attached hydrogen (secondary N) is 2. The summed E-state index contributed by atoms with van der Waals surface area (Å²) in [5.74, 6) is 0.850. The summed E-state index contributed by atoms with van der Waals surface area (Å²) in [5.41, 5.74) is 0.975. The number of rotatable bonds is 8. The molecule has 0 atom stereocenters. The molecule has 1 saturated carbocycles. The van der Waals surface area contributed by atoms with Gasteiger partial charge in [-0.1, -0.05) is 25.0 Å². The van der Waals surface area contributed by atoms with Gasteiger partial charge in [-0.2, -0.15) is 0 Å². The zero-order chi connectivity index (χ0) is 13.7. The van der Waals surface area contributed by atoms with Crippen molar-refractivity contribution in [2.24, 2.45) is 5.92 Å². The van der Waals surface area contributed by atoms with Gasteiger partial charge in [-0.05, 0) is 43.5 Å². The Hall–Kier alpha value is -0.910. The summed E-state index contributed by atoms with van der Waals surface area (Å²) in [4.78, 5) is 0.353. The Bertz CT molecular complexity index is 510. The largest absolute Gasteiger partial charge is 0.316 e. The molecule has 106 valence electrons. The second kappa shape index (κ2) is 6.50. The van der Waals surface area contributed by atoms with Gasteiger partial charge in [-0.25, -0.2) is 13.1 Å². The van der Waals surface area contributed by atoms with Crippen molar-refractivity contribution in [2.75, 3.05) is 13.6 Å². The van der Waals surface area contributed by atoms with Crippen LogP contribution in [0.5, 0.6) is 0 Å². The first-order valence-electron chi connectivity index (χ1n) is 6.85. The second-order valence-corrected chi connectivity index (χ2v) is 6.93. The maximum Gasteiger partial charge on any atom is 0.240 e. The molecule has 4 nitrogen and oxygen atoms in total. The number of benzene rings is 1. The van der Waals surface area contributed by atoms with Crippen LogP contribution in [0.1, 0.15) is 31.2 Å². The molecule has 1 aliphatic rings. The Labute approximate surface area is 115 Å². The Morgan fingerprint density at radius 2 is 2.11 bits per heavy atom. The molecule has 0 aliphatic heterocycles. The van der Waals surface area contributed by atoms with Crippen LogP contribution in [-0.4, -0.2) is 22.0 Å². The Morgan fingerprint density at radius 3 is 2.79 bits per heavy atom. The standard InChI is InChI=1S/C14H22N2O2S/c1-15-11-13-4-2-6-14(10-13)19(17,18)16-9-3-5-12-7-8-12/h2,4,6,10,12,15-16H,3,5,7-9,11H2,1H3. The van der Waals surface area contributed by atoms with Crippen molar-refractivity contribution in [3.8, 4) is 0 Å². The van der Waals surface area contributed by atoms with Crippen molar-refractivity contribution >= 4 is 10.0 Å². The van der Waals surface area contributed by atoms with E-state index in [0.717, 1.165) is 24.3 Å². The molecule has 1 aromatic rings. The van der Waals surface area contributed by atoms with Gasteiger partial charge >= 0.3 is 0 Å². The smallest absolute Gasteiger partial charge is 0.240 e. The third kappa shape index (κ3) is 4.60. The van der Waals surface area contributed by atoms with Gasteiger partial charge in [0.2, 0.25) is 10.0 Å². The normalized spacial score (nSPS) is 15.6. The van der Waals surface area contributed by atoms with E-state index in [1.165, 1.54) is 12.8 Å². The number of sulfonamides is 1. The molecule has 0 saturated heterocycles. The Kier molecular flexibility index (Phi) is 4.96. The molecule has 0 bridgehead atoms. The minimum atomic E-state index is -3.36.